The molecule has 0 rings (SSSR count). The minimum absolute atomic E-state index is 0.105. The van der Waals surface area contributed by atoms with Crippen molar-refractivity contribution >= 4 is 7.82 Å². The zero-order valence-corrected chi connectivity index (χ0v) is 23.6. The molecule has 0 aromatic carbocycles. The highest BCUT2D eigenvalue weighted by molar-refractivity contribution is 7.44. The van der Waals surface area contributed by atoms with Gasteiger partial charge in [0.1, 0.15) is 6.10 Å². The summed E-state index contributed by atoms with van der Waals surface area (Å²) in [7, 11) is -4.81. The zero-order valence-electron chi connectivity index (χ0n) is 22.7. The molecule has 6 nitrogen and oxygen atoms in total. The highest BCUT2D eigenvalue weighted by Crippen LogP contribution is 2.30. The van der Waals surface area contributed by atoms with Crippen LogP contribution < -0.4 is 4.89 Å². The molecule has 0 aliphatic heterocycles. The molecule has 0 bridgehead atoms. The van der Waals surface area contributed by atoms with Gasteiger partial charge in [0.05, 0.1) is 19.8 Å². The largest absolute Gasteiger partial charge is 0.756 e. The Morgan fingerprint density at radius 3 is 2.29 bits per heavy atom. The van der Waals surface area contributed by atoms with Gasteiger partial charge in [-0.2, -0.15) is 0 Å². The van der Waals surface area contributed by atoms with Crippen molar-refractivity contribution in [1.29, 1.82) is 0 Å². The number of hydrogen-bond donors (Lipinski definition) is 2. The maximum atomic E-state index is 10.6. The Hall–Kier alpha value is -1.27. The molecule has 0 fully saturated rings. The summed E-state index contributed by atoms with van der Waals surface area (Å²) in [5.74, 6) is 0. The molecule has 0 radical (unpaired) electrons. The molecule has 7 heteroatoms. The summed E-state index contributed by atoms with van der Waals surface area (Å²) in [6.07, 6.45) is 17.2. The lowest BCUT2D eigenvalue weighted by atomic mass is 9.85. The quantitative estimate of drug-likeness (QED) is 0.150. The Balaban J connectivity index is 4.29. The van der Waals surface area contributed by atoms with Crippen molar-refractivity contribution in [1.82, 2.24) is 0 Å². The first kappa shape index (κ1) is 33.7. The maximum absolute atomic E-state index is 10.6. The van der Waals surface area contributed by atoms with Crippen LogP contribution in [0.1, 0.15) is 86.5 Å². The van der Waals surface area contributed by atoms with Crippen LogP contribution in [-0.2, 0) is 13.8 Å². The number of aliphatic hydroxyl groups is 1. The summed E-state index contributed by atoms with van der Waals surface area (Å²) in [4.78, 5) is 19.2. The minimum atomic E-state index is -4.81. The smallest absolute Gasteiger partial charge is 0.265 e. The third-order valence-corrected chi connectivity index (χ3v) is 6.09. The molecule has 2 N–H and O–H groups in total. The minimum Gasteiger partial charge on any atom is -0.756 e. The van der Waals surface area contributed by atoms with E-state index < -0.39 is 27.1 Å². The first-order valence-electron chi connectivity index (χ1n) is 12.4. The van der Waals surface area contributed by atoms with Gasteiger partial charge in [0.15, 0.2) is 0 Å². The van der Waals surface area contributed by atoms with Crippen LogP contribution in [-0.4, -0.2) is 35.9 Å². The Morgan fingerprint density at radius 2 is 1.69 bits per heavy atom. The number of hydrogen-bond acceptors (Lipinski definition) is 5. The number of allylic oxidation sites excluding steroid dienone is 8. The van der Waals surface area contributed by atoms with Crippen molar-refractivity contribution in [3.63, 3.8) is 0 Å². The summed E-state index contributed by atoms with van der Waals surface area (Å²) in [5, 5.41) is 9.20. The summed E-state index contributed by atoms with van der Waals surface area (Å²) in [5.41, 5.74) is 5.32. The average Bonchev–Trinajstić information content (AvgIpc) is 2.75. The second kappa shape index (κ2) is 18.0. The van der Waals surface area contributed by atoms with Gasteiger partial charge in [0.2, 0.25) is 0 Å². The standard InChI is InChI=1S/C28H49O6P/c1-23(2)11-10-13-24(3)14-15-26(5)16-19-28(6,7)18-9-8-12-25(4)17-20-33-27(21-29)22-34-35(30,31)32/h9,11,14,17-18,27,29H,5,8,10,12-13,15-16,19-22H2,1-4,6-7H3,(H2,30,31,32)/p-1/b18-9+,24-14+,25-17-/t27-/m1/s1. The van der Waals surface area contributed by atoms with Crippen molar-refractivity contribution in [2.75, 3.05) is 19.8 Å². The summed E-state index contributed by atoms with van der Waals surface area (Å²) in [6, 6.07) is 0. The SMILES string of the molecule is C=C(C/C=C(\C)CCC=C(C)C)CCC(C)(C)/C=C/CC/C(C)=C\CO[C@H](CO)COP(=O)([O-])O. The van der Waals surface area contributed by atoms with Crippen LogP contribution in [0.4, 0.5) is 0 Å². The summed E-state index contributed by atoms with van der Waals surface area (Å²) < 4.78 is 20.3. The second-order valence-corrected chi connectivity index (χ2v) is 11.4. The number of aliphatic hydroxyl groups excluding tert-OH is 1. The van der Waals surface area contributed by atoms with Crippen LogP contribution in [0.25, 0.3) is 0 Å². The van der Waals surface area contributed by atoms with E-state index in [1.54, 1.807) is 0 Å². The Kier molecular flexibility index (Phi) is 17.4. The molecule has 0 aliphatic carbocycles. The predicted octanol–water partition coefficient (Wildman–Crippen LogP) is 6.57. The number of phosphoric acid groups is 1. The van der Waals surface area contributed by atoms with Crippen LogP contribution in [0.3, 0.4) is 0 Å². The lowest BCUT2D eigenvalue weighted by Gasteiger charge is -2.21. The summed E-state index contributed by atoms with van der Waals surface area (Å²) >= 11 is 0. The molecule has 0 heterocycles. The van der Waals surface area contributed by atoms with Crippen molar-refractivity contribution in [3.05, 3.63) is 59.3 Å². The molecule has 35 heavy (non-hydrogen) atoms. The Morgan fingerprint density at radius 1 is 1.06 bits per heavy atom. The van der Waals surface area contributed by atoms with E-state index in [4.69, 9.17) is 9.63 Å². The fraction of sp³-hybridized carbons (Fsp3) is 0.643. The van der Waals surface area contributed by atoms with Gasteiger partial charge in [0, 0.05) is 0 Å². The van der Waals surface area contributed by atoms with Gasteiger partial charge >= 0.3 is 0 Å². The highest BCUT2D eigenvalue weighted by atomic mass is 31.2. The van der Waals surface area contributed by atoms with E-state index in [1.165, 1.54) is 16.7 Å². The van der Waals surface area contributed by atoms with E-state index in [1.807, 2.05) is 13.0 Å². The van der Waals surface area contributed by atoms with E-state index in [-0.39, 0.29) is 12.0 Å². The molecule has 0 aliphatic rings. The van der Waals surface area contributed by atoms with Gasteiger partial charge in [-0.25, -0.2) is 0 Å². The van der Waals surface area contributed by atoms with Gasteiger partial charge in [-0.05, 0) is 78.1 Å². The second-order valence-electron chi connectivity index (χ2n) is 10.2. The van der Waals surface area contributed by atoms with Crippen LogP contribution in [0.5, 0.6) is 0 Å². The third-order valence-electron chi connectivity index (χ3n) is 5.62. The van der Waals surface area contributed by atoms with E-state index in [0.29, 0.717) is 0 Å². The molecule has 2 atom stereocenters. The van der Waals surface area contributed by atoms with Gasteiger partial charge in [-0.15, -0.1) is 0 Å². The predicted molar refractivity (Wildman–Crippen MR) is 144 cm³/mol. The molecular formula is C28H48O6P-. The first-order chi connectivity index (χ1) is 16.2. The number of ether oxygens (including phenoxy) is 1. The zero-order chi connectivity index (χ0) is 26.9. The molecule has 1 unspecified atom stereocenters. The lowest BCUT2D eigenvalue weighted by molar-refractivity contribution is -0.222. The molecular weight excluding hydrogens is 463 g/mol. The Labute approximate surface area is 213 Å². The molecule has 0 spiro atoms. The number of phosphoric ester groups is 1. The monoisotopic (exact) mass is 511 g/mol. The fourth-order valence-corrected chi connectivity index (χ4v) is 3.52. The first-order valence-corrected chi connectivity index (χ1v) is 13.9. The van der Waals surface area contributed by atoms with E-state index in [0.717, 1.165) is 50.5 Å². The van der Waals surface area contributed by atoms with Crippen molar-refractivity contribution in [3.8, 4) is 0 Å². The van der Waals surface area contributed by atoms with Gasteiger partial charge in [-0.1, -0.05) is 73.1 Å². The van der Waals surface area contributed by atoms with E-state index >= 15 is 0 Å². The van der Waals surface area contributed by atoms with Crippen LogP contribution in [0, 0.1) is 5.41 Å². The molecule has 0 aromatic heterocycles. The van der Waals surface area contributed by atoms with Crippen molar-refractivity contribution in [2.24, 2.45) is 5.41 Å². The topological polar surface area (TPSA) is 99.0 Å². The van der Waals surface area contributed by atoms with Crippen molar-refractivity contribution < 1.29 is 28.7 Å². The molecule has 202 valence electrons. The van der Waals surface area contributed by atoms with E-state index in [2.05, 4.69) is 70.0 Å². The number of rotatable bonds is 19. The van der Waals surface area contributed by atoms with Crippen LogP contribution in [0.15, 0.2) is 59.3 Å². The normalized spacial score (nSPS) is 15.8. The highest BCUT2D eigenvalue weighted by Gasteiger charge is 2.14. The van der Waals surface area contributed by atoms with Gasteiger partial charge in [-0.3, -0.25) is 4.57 Å². The van der Waals surface area contributed by atoms with Crippen LogP contribution in [0.2, 0.25) is 0 Å². The van der Waals surface area contributed by atoms with Gasteiger partial charge < -0.3 is 24.2 Å². The fourth-order valence-electron chi connectivity index (χ4n) is 3.17. The average molecular weight is 512 g/mol. The van der Waals surface area contributed by atoms with Crippen molar-refractivity contribution in [2.45, 2.75) is 92.6 Å². The van der Waals surface area contributed by atoms with E-state index in [9.17, 15) is 14.6 Å². The van der Waals surface area contributed by atoms with Crippen LogP contribution >= 0.6 is 7.82 Å². The lowest BCUT2D eigenvalue weighted by Crippen LogP contribution is -2.24. The molecule has 0 saturated carbocycles. The molecule has 0 aromatic rings. The molecule has 0 saturated heterocycles. The maximum Gasteiger partial charge on any atom is 0.265 e. The van der Waals surface area contributed by atoms with Gasteiger partial charge in [0.25, 0.3) is 7.82 Å². The molecule has 0 amide bonds. The third kappa shape index (κ3) is 21.7. The Bertz CT molecular complexity index is 781. The summed E-state index contributed by atoms with van der Waals surface area (Å²) in [6.45, 7) is 16.6.